The summed E-state index contributed by atoms with van der Waals surface area (Å²) >= 11 is 0. The summed E-state index contributed by atoms with van der Waals surface area (Å²) in [5.41, 5.74) is -0.840. The summed E-state index contributed by atoms with van der Waals surface area (Å²) < 4.78 is 113. The molecule has 0 aliphatic rings. The highest BCUT2D eigenvalue weighted by Gasteiger charge is 2.17. The van der Waals surface area contributed by atoms with Crippen LogP contribution in [0.4, 0.5) is 40.8 Å². The molecule has 6 aromatic carbocycles. The number of aromatic hydroxyl groups is 1. The number of nitrogens with one attached hydrogen (secondary N) is 1. The van der Waals surface area contributed by atoms with Crippen molar-refractivity contribution in [3.05, 3.63) is 182 Å². The molecule has 1 aromatic heterocycles. The Balaban J connectivity index is 0.000000185. The van der Waals surface area contributed by atoms with E-state index in [1.165, 1.54) is 48.5 Å². The smallest absolute Gasteiger partial charge is 0.426 e. The number of halogens is 8. The first-order chi connectivity index (χ1) is 25.7. The van der Waals surface area contributed by atoms with E-state index in [0.717, 1.165) is 42.5 Å². The Bertz CT molecular complexity index is 2730. The van der Waals surface area contributed by atoms with Crippen LogP contribution in [0.3, 0.4) is 0 Å². The molecule has 0 atom stereocenters. The number of hydrogen-bond donors (Lipinski definition) is 2. The van der Waals surface area contributed by atoms with E-state index in [9.17, 15) is 54.6 Å². The molecule has 0 aliphatic carbocycles. The highest BCUT2D eigenvalue weighted by Crippen LogP contribution is 2.30. The molecular weight excluding hydrogens is 728 g/mol. The zero-order valence-corrected chi connectivity index (χ0v) is 26.9. The van der Waals surface area contributed by atoms with Gasteiger partial charge in [-0.05, 0) is 83.9 Å². The molecule has 7 rings (SSSR count). The maximum absolute atomic E-state index is 14.1. The predicted octanol–water partition coefficient (Wildman–Crippen LogP) is 9.04. The van der Waals surface area contributed by atoms with Gasteiger partial charge in [0, 0.05) is 41.1 Å². The van der Waals surface area contributed by atoms with Crippen molar-refractivity contribution in [2.75, 3.05) is 5.32 Å². The molecule has 15 heteroatoms. The van der Waals surface area contributed by atoms with E-state index >= 15 is 0 Å². The number of carbonyl (C=O) groups excluding carboxylic acids is 1. The van der Waals surface area contributed by atoms with E-state index in [1.54, 1.807) is 0 Å². The van der Waals surface area contributed by atoms with E-state index < -0.39 is 69.5 Å². The first kappa shape index (κ1) is 36.8. The largest absolute Gasteiger partial charge is 0.507 e. The summed E-state index contributed by atoms with van der Waals surface area (Å²) in [6, 6.07) is 18.9. The third kappa shape index (κ3) is 7.60. The van der Waals surface area contributed by atoms with Gasteiger partial charge in [0.1, 0.15) is 34.6 Å². The molecule has 272 valence electrons. The van der Waals surface area contributed by atoms with Crippen molar-refractivity contribution in [2.45, 2.75) is 0 Å². The van der Waals surface area contributed by atoms with Crippen molar-refractivity contribution in [3.8, 4) is 33.7 Å². The zero-order chi connectivity index (χ0) is 38.8. The van der Waals surface area contributed by atoms with Crippen LogP contribution < -0.4 is 16.6 Å². The second-order valence-corrected chi connectivity index (χ2v) is 11.4. The van der Waals surface area contributed by atoms with Gasteiger partial charge in [-0.3, -0.25) is 9.59 Å². The molecule has 0 aliphatic heterocycles. The number of phenols is 1. The number of anilines is 1. The minimum Gasteiger partial charge on any atom is -0.507 e. The van der Waals surface area contributed by atoms with Crippen LogP contribution in [0.25, 0.3) is 38.9 Å². The van der Waals surface area contributed by atoms with Crippen LogP contribution in [0.1, 0.15) is 10.4 Å². The monoisotopic (exact) mass is 748 g/mol. The molecule has 0 bridgehead atoms. The van der Waals surface area contributed by atoms with E-state index in [4.69, 9.17) is 4.42 Å². The summed E-state index contributed by atoms with van der Waals surface area (Å²) in [5, 5.41) is 12.1. The second-order valence-electron chi connectivity index (χ2n) is 11.4. The van der Waals surface area contributed by atoms with Gasteiger partial charge in [-0.25, -0.2) is 44.5 Å². The lowest BCUT2D eigenvalue weighted by atomic mass is 10.0. The summed E-state index contributed by atoms with van der Waals surface area (Å²) in [6.07, 6.45) is 0. The van der Waals surface area contributed by atoms with Gasteiger partial charge >= 0.3 is 5.76 Å². The number of benzene rings is 6. The lowest BCUT2D eigenvalue weighted by Gasteiger charge is -2.10. The number of fused-ring (bicyclic) bond motifs is 1. The van der Waals surface area contributed by atoms with Gasteiger partial charge in [0.05, 0.1) is 16.6 Å². The Morgan fingerprint density at radius 1 is 0.574 bits per heavy atom. The van der Waals surface area contributed by atoms with Crippen LogP contribution in [0.15, 0.2) is 123 Å². The lowest BCUT2D eigenvalue weighted by Crippen LogP contribution is -2.31. The molecule has 1 amide bonds. The topological polar surface area (TPSA) is 102 Å². The Labute approximate surface area is 297 Å². The molecule has 7 aromatic rings. The number of phenolic OH excluding ortho intramolecular Hbond substituents is 1. The van der Waals surface area contributed by atoms with Crippen LogP contribution >= 0.6 is 0 Å². The maximum atomic E-state index is 14.1. The van der Waals surface area contributed by atoms with Crippen LogP contribution in [-0.2, 0) is 0 Å². The molecule has 54 heavy (non-hydrogen) atoms. The van der Waals surface area contributed by atoms with Crippen LogP contribution in [0, 0.1) is 46.5 Å². The normalized spacial score (nSPS) is 10.9. The highest BCUT2D eigenvalue weighted by atomic mass is 19.2. The molecule has 2 N–H and O–H groups in total. The number of hydrogen-bond acceptors (Lipinski definition) is 5. The number of carbonyl (C=O) groups is 1. The SMILES string of the molecule is O=C(Nc1ccc(F)c(F)c1)c1cc(-c2ccc(F)cc2F)ccc1O.O=c1oc2ccc(-c3ccc(F)cc3F)cc2c(=O)n1-c1ccc(F)c(F)c1. The third-order valence-electron chi connectivity index (χ3n) is 7.86. The summed E-state index contributed by atoms with van der Waals surface area (Å²) in [7, 11) is 0. The fourth-order valence-corrected chi connectivity index (χ4v) is 5.25. The highest BCUT2D eigenvalue weighted by molar-refractivity contribution is 6.06. The zero-order valence-electron chi connectivity index (χ0n) is 26.9. The molecule has 0 saturated carbocycles. The standard InChI is InChI=1S/C20H9F4NO3.C19H11F4NO2/c21-11-2-4-13(16(23)8-11)10-1-6-18-14(7-10)19(26)25(20(27)28-18)12-3-5-15(22)17(24)9-12;20-11-2-4-13(16(22)8-11)10-1-6-18(25)14(7-10)19(26)24-12-3-5-15(21)17(23)9-12/h1-9H;1-9,25H,(H,24,26). The minimum atomic E-state index is -1.24. The number of nitrogens with zero attached hydrogens (tertiary/aromatic N) is 1. The first-order valence-corrected chi connectivity index (χ1v) is 15.4. The van der Waals surface area contributed by atoms with Crippen LogP contribution in [-0.4, -0.2) is 15.6 Å². The molecule has 0 fully saturated rings. The van der Waals surface area contributed by atoms with Gasteiger partial charge in [0.15, 0.2) is 23.3 Å². The molecule has 0 radical (unpaired) electrons. The van der Waals surface area contributed by atoms with Crippen molar-refractivity contribution < 1.29 is 49.4 Å². The van der Waals surface area contributed by atoms with Gasteiger partial charge in [0.2, 0.25) is 0 Å². The van der Waals surface area contributed by atoms with E-state index in [0.29, 0.717) is 22.8 Å². The van der Waals surface area contributed by atoms with Gasteiger partial charge < -0.3 is 14.8 Å². The minimum absolute atomic E-state index is 0.0216. The molecule has 0 spiro atoms. The summed E-state index contributed by atoms with van der Waals surface area (Å²) in [6.45, 7) is 0. The molecular formula is C39H20F8N2O5. The maximum Gasteiger partial charge on any atom is 0.426 e. The quantitative estimate of drug-likeness (QED) is 0.171. The van der Waals surface area contributed by atoms with Crippen molar-refractivity contribution in [3.63, 3.8) is 0 Å². The van der Waals surface area contributed by atoms with E-state index in [1.807, 2.05) is 0 Å². The Morgan fingerprint density at radius 2 is 1.15 bits per heavy atom. The Hall–Kier alpha value is -7.03. The van der Waals surface area contributed by atoms with E-state index in [-0.39, 0.29) is 50.2 Å². The van der Waals surface area contributed by atoms with Crippen molar-refractivity contribution in [1.82, 2.24) is 4.57 Å². The summed E-state index contributed by atoms with van der Waals surface area (Å²) in [5.74, 6) is -10.1. The number of rotatable bonds is 5. The van der Waals surface area contributed by atoms with Crippen molar-refractivity contribution in [1.29, 1.82) is 0 Å². The molecule has 0 saturated heterocycles. The number of amides is 1. The van der Waals surface area contributed by atoms with Crippen molar-refractivity contribution >= 4 is 22.6 Å². The van der Waals surface area contributed by atoms with Gasteiger partial charge in [-0.1, -0.05) is 12.1 Å². The van der Waals surface area contributed by atoms with Crippen molar-refractivity contribution in [2.24, 2.45) is 0 Å². The molecule has 7 nitrogen and oxygen atoms in total. The second kappa shape index (κ2) is 14.9. The lowest BCUT2D eigenvalue weighted by molar-refractivity contribution is 0.102. The predicted molar refractivity (Wildman–Crippen MR) is 181 cm³/mol. The molecule has 1 heterocycles. The van der Waals surface area contributed by atoms with Crippen LogP contribution in [0.5, 0.6) is 5.75 Å². The van der Waals surface area contributed by atoms with E-state index in [2.05, 4.69) is 5.32 Å². The average Bonchev–Trinajstić information content (AvgIpc) is 3.12. The third-order valence-corrected chi connectivity index (χ3v) is 7.86. The molecule has 0 unspecified atom stereocenters. The average molecular weight is 749 g/mol. The van der Waals surface area contributed by atoms with Gasteiger partial charge in [-0.2, -0.15) is 0 Å². The first-order valence-electron chi connectivity index (χ1n) is 15.4. The van der Waals surface area contributed by atoms with Crippen LogP contribution in [0.2, 0.25) is 0 Å². The Morgan fingerprint density at radius 3 is 1.74 bits per heavy atom. The summed E-state index contributed by atoms with van der Waals surface area (Å²) in [4.78, 5) is 37.3. The fourth-order valence-electron chi connectivity index (χ4n) is 5.25. The fraction of sp³-hybridized carbons (Fsp3) is 0. The number of aromatic nitrogens is 1. The van der Waals surface area contributed by atoms with Gasteiger partial charge in [0.25, 0.3) is 11.5 Å². The Kier molecular flexibility index (Phi) is 10.1. The van der Waals surface area contributed by atoms with Gasteiger partial charge in [-0.15, -0.1) is 0 Å².